The van der Waals surface area contributed by atoms with Crippen molar-refractivity contribution in [3.63, 3.8) is 0 Å². The first-order valence-electron chi connectivity index (χ1n) is 23.3. The molecule has 5 aliphatic rings. The highest BCUT2D eigenvalue weighted by Gasteiger charge is 2.46. The molecule has 4 heteroatoms. The number of amides is 1. The predicted molar refractivity (Wildman–Crippen MR) is 254 cm³/mol. The number of allylic oxidation sites excluding steroid dienone is 2. The van der Waals surface area contributed by atoms with Gasteiger partial charge in [0.25, 0.3) is 0 Å². The Bertz CT molecular complexity index is 1090. The number of nitrogens with one attached hydrogen (secondary N) is 1. The number of hydrogen-bond acceptors (Lipinski definition) is 3. The number of ether oxygens (including phenoxy) is 1. The summed E-state index contributed by atoms with van der Waals surface area (Å²) in [5.41, 5.74) is 0. The van der Waals surface area contributed by atoms with E-state index in [4.69, 9.17) is 6.42 Å². The summed E-state index contributed by atoms with van der Waals surface area (Å²) in [6, 6.07) is 0. The third-order valence-corrected chi connectivity index (χ3v) is 9.74. The Balaban J connectivity index is -0.000000289. The highest BCUT2D eigenvalue weighted by atomic mass is 16.5. The van der Waals surface area contributed by atoms with Gasteiger partial charge in [-0.15, -0.1) is 36.0 Å². The molecule has 0 spiro atoms. The molecule has 0 radical (unpaired) electrons. The molecule has 0 heterocycles. The summed E-state index contributed by atoms with van der Waals surface area (Å²) in [4.78, 5) is 20.3. The molecule has 5 aliphatic carbocycles. The third-order valence-electron chi connectivity index (χ3n) is 9.74. The molecule has 0 aromatic carbocycles. The second kappa shape index (κ2) is 47.2. The van der Waals surface area contributed by atoms with Crippen LogP contribution >= 0.6 is 0 Å². The second-order valence-electron chi connectivity index (χ2n) is 15.1. The van der Waals surface area contributed by atoms with Gasteiger partial charge in [-0.2, -0.15) is 0 Å². The van der Waals surface area contributed by atoms with E-state index in [1.54, 1.807) is 6.92 Å². The molecule has 57 heavy (non-hydrogen) atoms. The molecule has 0 aromatic rings. The van der Waals surface area contributed by atoms with Gasteiger partial charge in [0.05, 0.1) is 6.61 Å². The van der Waals surface area contributed by atoms with Gasteiger partial charge in [0.15, 0.2) is 0 Å². The number of terminal acetylenes is 1. The summed E-state index contributed by atoms with van der Waals surface area (Å²) in [5, 5.41) is 2.54. The Labute approximate surface area is 357 Å². The quantitative estimate of drug-likeness (QED) is 0.121. The van der Waals surface area contributed by atoms with Crippen LogP contribution < -0.4 is 5.32 Å². The maximum absolute atomic E-state index is 10.2. The Hall–Kier alpha value is -3.16. The molecular weight excluding hydrogens is 699 g/mol. The Kier molecular flexibility index (Phi) is 50.1. The molecule has 328 valence electrons. The molecule has 0 aromatic heterocycles. The van der Waals surface area contributed by atoms with Gasteiger partial charge in [-0.05, 0) is 106 Å². The maximum atomic E-state index is 10.2. The van der Waals surface area contributed by atoms with E-state index in [0.717, 1.165) is 79.6 Å². The molecular formula is C53H93NO3. The van der Waals surface area contributed by atoms with Gasteiger partial charge in [-0.1, -0.05) is 133 Å². The van der Waals surface area contributed by atoms with E-state index in [9.17, 15) is 9.59 Å². The summed E-state index contributed by atoms with van der Waals surface area (Å²) in [5.74, 6) is 22.0. The molecule has 1 N–H and O–H groups in total. The van der Waals surface area contributed by atoms with Crippen molar-refractivity contribution in [3.05, 3.63) is 37.5 Å². The molecule has 2 fully saturated rings. The van der Waals surface area contributed by atoms with Crippen molar-refractivity contribution in [2.45, 2.75) is 199 Å². The van der Waals surface area contributed by atoms with Crippen molar-refractivity contribution in [1.29, 1.82) is 0 Å². The minimum absolute atomic E-state index is 0.109. The number of esters is 1. The fourth-order valence-corrected chi connectivity index (χ4v) is 6.94. The molecule has 2 bridgehead atoms. The van der Waals surface area contributed by atoms with Crippen LogP contribution in [-0.2, 0) is 14.3 Å². The van der Waals surface area contributed by atoms with Gasteiger partial charge in [-0.25, -0.2) is 4.79 Å². The van der Waals surface area contributed by atoms with E-state index in [1.165, 1.54) is 89.5 Å². The smallest absolute Gasteiger partial charge is 0.330 e. The van der Waals surface area contributed by atoms with Crippen LogP contribution in [-0.4, -0.2) is 25.0 Å². The normalized spacial score (nSPS) is 23.0. The SMILES string of the molecule is C#CCC.C=CC(=O)NCC.C=CC(=O)OCC.CCC.CCC.CCC.CCC1C2CCC#CCCC12.CCC1CC2C=CC1C2.CCC1CCC#CCCC1. The number of likely N-dealkylation sites (N-methyl/N-ethyl adjacent to an activating group) is 1. The van der Waals surface area contributed by atoms with Crippen molar-refractivity contribution < 1.29 is 14.3 Å². The van der Waals surface area contributed by atoms with Gasteiger partial charge in [-0.3, -0.25) is 4.79 Å². The molecule has 5 rings (SSSR count). The van der Waals surface area contributed by atoms with Crippen molar-refractivity contribution in [1.82, 2.24) is 5.32 Å². The van der Waals surface area contributed by atoms with E-state index in [1.807, 2.05) is 13.8 Å². The zero-order valence-corrected chi connectivity index (χ0v) is 39.7. The van der Waals surface area contributed by atoms with Crippen molar-refractivity contribution >= 4 is 11.9 Å². The lowest BCUT2D eigenvalue weighted by Crippen LogP contribution is -2.19. The summed E-state index contributed by atoms with van der Waals surface area (Å²) >= 11 is 0. The lowest BCUT2D eigenvalue weighted by Gasteiger charge is -2.14. The van der Waals surface area contributed by atoms with E-state index in [0.29, 0.717) is 13.2 Å². The minimum atomic E-state index is -0.359. The Morgan fingerprint density at radius 1 is 0.719 bits per heavy atom. The van der Waals surface area contributed by atoms with Gasteiger partial charge in [0, 0.05) is 44.7 Å². The summed E-state index contributed by atoms with van der Waals surface area (Å²) in [6.45, 7) is 32.8. The van der Waals surface area contributed by atoms with Crippen LogP contribution in [0.3, 0.4) is 0 Å². The Morgan fingerprint density at radius 2 is 1.23 bits per heavy atom. The molecule has 6 unspecified atom stereocenters. The predicted octanol–water partition coefficient (Wildman–Crippen LogP) is 14.7. The first-order chi connectivity index (χ1) is 27.5. The van der Waals surface area contributed by atoms with Crippen LogP contribution in [0.4, 0.5) is 0 Å². The summed E-state index contributed by atoms with van der Waals surface area (Å²) in [7, 11) is 0. The van der Waals surface area contributed by atoms with Crippen molar-refractivity contribution in [2.75, 3.05) is 13.2 Å². The molecule has 4 nitrogen and oxygen atoms in total. The first-order valence-corrected chi connectivity index (χ1v) is 23.3. The highest BCUT2D eigenvalue weighted by Crippen LogP contribution is 2.54. The van der Waals surface area contributed by atoms with E-state index in [-0.39, 0.29) is 11.9 Å². The monoisotopic (exact) mass is 792 g/mol. The number of carbonyl (C=O) groups is 2. The minimum Gasteiger partial charge on any atom is -0.463 e. The molecule has 2 saturated carbocycles. The average molecular weight is 792 g/mol. The van der Waals surface area contributed by atoms with Crippen LogP contribution in [0.15, 0.2) is 37.5 Å². The first kappa shape index (κ1) is 60.5. The van der Waals surface area contributed by atoms with Gasteiger partial charge >= 0.3 is 5.97 Å². The number of hydrogen-bond donors (Lipinski definition) is 1. The molecule has 1 amide bonds. The fourth-order valence-electron chi connectivity index (χ4n) is 6.94. The third kappa shape index (κ3) is 38.1. The van der Waals surface area contributed by atoms with Gasteiger partial charge < -0.3 is 10.1 Å². The summed E-state index contributed by atoms with van der Waals surface area (Å²) in [6.07, 6.45) is 35.2. The molecule has 0 aliphatic heterocycles. The zero-order valence-electron chi connectivity index (χ0n) is 39.7. The van der Waals surface area contributed by atoms with Crippen LogP contribution in [0.1, 0.15) is 199 Å². The fraction of sp³-hybridized carbons (Fsp3) is 0.736. The average Bonchev–Trinajstić information content (AvgIpc) is 3.45. The standard InChI is InChI=1S/C11H16.C10H16.C9H14.C5H9NO.C5H8O2.C4H6.3C3H8/c1-2-9-10-7-5-3-4-6-8-11(9)10;1-2-10-8-6-4-3-5-7-9-10;1-2-8-5-7-3-4-9(8)6-7;1-3-5(7)6-4-2;1-3-5(6)7-4-2;1-3-4-2;3*1-3-2/h9-11H,2,5-8H2,1H3;10H,2,4,6-9H2,1H3;3-4,7-9H,2,5-6H2,1H3;3H,1,4H2,2H3,(H,6,7);3H,1,4H2,2H3;1H,4H2,2H3;3*3H2,1-2H3. The Morgan fingerprint density at radius 3 is 1.53 bits per heavy atom. The summed E-state index contributed by atoms with van der Waals surface area (Å²) < 4.78 is 4.43. The molecule has 0 saturated heterocycles. The van der Waals surface area contributed by atoms with Crippen LogP contribution in [0.25, 0.3) is 0 Å². The van der Waals surface area contributed by atoms with Crippen LogP contribution in [0, 0.1) is 77.5 Å². The van der Waals surface area contributed by atoms with E-state index >= 15 is 0 Å². The number of carbonyl (C=O) groups excluding carboxylic acids is 2. The van der Waals surface area contributed by atoms with Gasteiger partial charge in [0.2, 0.25) is 5.91 Å². The van der Waals surface area contributed by atoms with Crippen molar-refractivity contribution in [2.24, 2.45) is 41.4 Å². The van der Waals surface area contributed by atoms with Crippen LogP contribution in [0.5, 0.6) is 0 Å². The largest absolute Gasteiger partial charge is 0.463 e. The number of fused-ring (bicyclic) bond motifs is 3. The zero-order chi connectivity index (χ0) is 44.1. The highest BCUT2D eigenvalue weighted by molar-refractivity contribution is 5.86. The van der Waals surface area contributed by atoms with Crippen LogP contribution in [0.2, 0.25) is 0 Å². The van der Waals surface area contributed by atoms with E-state index in [2.05, 4.69) is 127 Å². The lowest BCUT2D eigenvalue weighted by molar-refractivity contribution is -0.137. The second-order valence-corrected chi connectivity index (χ2v) is 15.1. The lowest BCUT2D eigenvalue weighted by atomic mass is 9.91. The van der Waals surface area contributed by atoms with Crippen molar-refractivity contribution in [3.8, 4) is 36.0 Å². The number of rotatable bonds is 7. The topological polar surface area (TPSA) is 55.4 Å². The maximum Gasteiger partial charge on any atom is 0.330 e. The molecule has 6 atom stereocenters. The van der Waals surface area contributed by atoms with Gasteiger partial charge in [0.1, 0.15) is 0 Å². The van der Waals surface area contributed by atoms with E-state index < -0.39 is 0 Å².